The van der Waals surface area contributed by atoms with Crippen LogP contribution in [0, 0.1) is 5.92 Å². The summed E-state index contributed by atoms with van der Waals surface area (Å²) in [5, 5.41) is 8.84. The van der Waals surface area contributed by atoms with Crippen LogP contribution in [0.5, 0.6) is 0 Å². The van der Waals surface area contributed by atoms with Crippen LogP contribution in [0.15, 0.2) is 23.3 Å². The van der Waals surface area contributed by atoms with Crippen LogP contribution in [0.1, 0.15) is 20.3 Å². The first-order valence-electron chi connectivity index (χ1n) is 3.72. The first kappa shape index (κ1) is 7.55. The molecule has 0 aromatic rings. The quantitative estimate of drug-likeness (QED) is 0.586. The van der Waals surface area contributed by atoms with Crippen molar-refractivity contribution in [1.29, 1.82) is 0 Å². The molecule has 56 valence electrons. The van der Waals surface area contributed by atoms with Crippen molar-refractivity contribution in [2.75, 3.05) is 6.61 Å². The van der Waals surface area contributed by atoms with Gasteiger partial charge in [-0.1, -0.05) is 19.1 Å². The fourth-order valence-corrected chi connectivity index (χ4v) is 1.28. The van der Waals surface area contributed by atoms with E-state index in [-0.39, 0.29) is 6.61 Å². The normalized spacial score (nSPS) is 25.7. The van der Waals surface area contributed by atoms with Crippen molar-refractivity contribution in [2.24, 2.45) is 5.92 Å². The van der Waals surface area contributed by atoms with Crippen molar-refractivity contribution >= 4 is 0 Å². The standard InChI is InChI=1S/C9H14O/c1-7-3-4-9(6-10)8(2)5-7/h4-5,7,10H,3,6H2,1-2H3. The first-order chi connectivity index (χ1) is 4.74. The third kappa shape index (κ3) is 1.48. The Bertz CT molecular complexity index is 177. The zero-order chi connectivity index (χ0) is 7.56. The van der Waals surface area contributed by atoms with Crippen LogP contribution in [0.3, 0.4) is 0 Å². The van der Waals surface area contributed by atoms with Crippen molar-refractivity contribution in [1.82, 2.24) is 0 Å². The molecular weight excluding hydrogens is 124 g/mol. The van der Waals surface area contributed by atoms with Gasteiger partial charge in [0.25, 0.3) is 0 Å². The van der Waals surface area contributed by atoms with Crippen LogP contribution in [0.2, 0.25) is 0 Å². The van der Waals surface area contributed by atoms with Gasteiger partial charge in [0.1, 0.15) is 0 Å². The van der Waals surface area contributed by atoms with Gasteiger partial charge in [-0.3, -0.25) is 0 Å². The molecule has 0 radical (unpaired) electrons. The zero-order valence-electron chi connectivity index (χ0n) is 6.59. The molecule has 1 aliphatic carbocycles. The molecule has 1 aliphatic rings. The molecule has 0 aromatic heterocycles. The molecule has 1 atom stereocenters. The van der Waals surface area contributed by atoms with Crippen LogP contribution in [0.25, 0.3) is 0 Å². The lowest BCUT2D eigenvalue weighted by molar-refractivity contribution is 0.332. The van der Waals surface area contributed by atoms with Crippen molar-refractivity contribution in [2.45, 2.75) is 20.3 Å². The zero-order valence-corrected chi connectivity index (χ0v) is 6.59. The van der Waals surface area contributed by atoms with Gasteiger partial charge >= 0.3 is 0 Å². The topological polar surface area (TPSA) is 20.2 Å². The van der Waals surface area contributed by atoms with Crippen LogP contribution in [0.4, 0.5) is 0 Å². The van der Waals surface area contributed by atoms with E-state index >= 15 is 0 Å². The molecule has 0 saturated heterocycles. The summed E-state index contributed by atoms with van der Waals surface area (Å²) < 4.78 is 0. The Kier molecular flexibility index (Phi) is 2.28. The number of aliphatic hydroxyl groups excluding tert-OH is 1. The van der Waals surface area contributed by atoms with Crippen LogP contribution >= 0.6 is 0 Å². The third-order valence-corrected chi connectivity index (χ3v) is 1.95. The number of allylic oxidation sites excluding steroid dienone is 2. The van der Waals surface area contributed by atoms with E-state index in [9.17, 15) is 0 Å². The molecule has 0 amide bonds. The highest BCUT2D eigenvalue weighted by atomic mass is 16.3. The van der Waals surface area contributed by atoms with E-state index in [1.807, 2.05) is 0 Å². The fraction of sp³-hybridized carbons (Fsp3) is 0.556. The van der Waals surface area contributed by atoms with Gasteiger partial charge < -0.3 is 5.11 Å². The van der Waals surface area contributed by atoms with Gasteiger partial charge in [0, 0.05) is 0 Å². The van der Waals surface area contributed by atoms with Crippen LogP contribution in [-0.4, -0.2) is 11.7 Å². The Hall–Kier alpha value is -0.560. The Labute approximate surface area is 62.1 Å². The van der Waals surface area contributed by atoms with E-state index < -0.39 is 0 Å². The smallest absolute Gasteiger partial charge is 0.0681 e. The molecule has 0 aromatic carbocycles. The molecule has 0 saturated carbocycles. The van der Waals surface area contributed by atoms with E-state index in [0.717, 1.165) is 12.0 Å². The second-order valence-electron chi connectivity index (χ2n) is 2.95. The lowest BCUT2D eigenvalue weighted by atomic mass is 9.93. The Balaban J connectivity index is 2.71. The summed E-state index contributed by atoms with van der Waals surface area (Å²) in [6, 6.07) is 0. The summed E-state index contributed by atoms with van der Waals surface area (Å²) >= 11 is 0. The summed E-state index contributed by atoms with van der Waals surface area (Å²) in [5.41, 5.74) is 2.33. The van der Waals surface area contributed by atoms with Crippen LogP contribution < -0.4 is 0 Å². The van der Waals surface area contributed by atoms with Gasteiger partial charge in [-0.2, -0.15) is 0 Å². The number of aliphatic hydroxyl groups is 1. The minimum Gasteiger partial charge on any atom is -0.392 e. The molecule has 0 bridgehead atoms. The molecule has 1 N–H and O–H groups in total. The molecule has 0 spiro atoms. The van der Waals surface area contributed by atoms with Crippen molar-refractivity contribution in [3.05, 3.63) is 23.3 Å². The molecule has 0 fully saturated rings. The second kappa shape index (κ2) is 3.02. The minimum absolute atomic E-state index is 0.190. The molecule has 0 aliphatic heterocycles. The van der Waals surface area contributed by atoms with E-state index in [1.54, 1.807) is 0 Å². The highest BCUT2D eigenvalue weighted by molar-refractivity contribution is 5.32. The van der Waals surface area contributed by atoms with Gasteiger partial charge in [0.05, 0.1) is 6.61 Å². The van der Waals surface area contributed by atoms with Crippen molar-refractivity contribution in [3.63, 3.8) is 0 Å². The largest absolute Gasteiger partial charge is 0.392 e. The molecule has 10 heavy (non-hydrogen) atoms. The van der Waals surface area contributed by atoms with Crippen LogP contribution in [-0.2, 0) is 0 Å². The number of hydrogen-bond donors (Lipinski definition) is 1. The summed E-state index contributed by atoms with van der Waals surface area (Å²) in [4.78, 5) is 0. The Morgan fingerprint density at radius 3 is 2.90 bits per heavy atom. The van der Waals surface area contributed by atoms with Gasteiger partial charge in [-0.05, 0) is 30.4 Å². The predicted molar refractivity (Wildman–Crippen MR) is 42.7 cm³/mol. The van der Waals surface area contributed by atoms with Crippen molar-refractivity contribution < 1.29 is 5.11 Å². The van der Waals surface area contributed by atoms with E-state index in [2.05, 4.69) is 26.0 Å². The summed E-state index contributed by atoms with van der Waals surface area (Å²) in [5.74, 6) is 0.648. The summed E-state index contributed by atoms with van der Waals surface area (Å²) in [6.07, 6.45) is 5.42. The Morgan fingerprint density at radius 1 is 1.70 bits per heavy atom. The van der Waals surface area contributed by atoms with E-state index in [1.165, 1.54) is 5.57 Å². The van der Waals surface area contributed by atoms with E-state index in [4.69, 9.17) is 5.11 Å². The predicted octanol–water partition coefficient (Wildman–Crippen LogP) is 1.89. The molecule has 1 nitrogen and oxygen atoms in total. The molecule has 1 unspecified atom stereocenters. The van der Waals surface area contributed by atoms with E-state index in [0.29, 0.717) is 5.92 Å². The van der Waals surface area contributed by atoms with Gasteiger partial charge in [0.15, 0.2) is 0 Å². The highest BCUT2D eigenvalue weighted by Crippen LogP contribution is 2.21. The lowest BCUT2D eigenvalue weighted by Gasteiger charge is -2.14. The maximum Gasteiger partial charge on any atom is 0.0681 e. The summed E-state index contributed by atoms with van der Waals surface area (Å²) in [6.45, 7) is 4.43. The molecular formula is C9H14O. The Morgan fingerprint density at radius 2 is 2.40 bits per heavy atom. The summed E-state index contributed by atoms with van der Waals surface area (Å²) in [7, 11) is 0. The molecule has 0 heterocycles. The molecule has 1 rings (SSSR count). The van der Waals surface area contributed by atoms with Crippen molar-refractivity contribution in [3.8, 4) is 0 Å². The maximum atomic E-state index is 8.84. The van der Waals surface area contributed by atoms with Gasteiger partial charge in [-0.25, -0.2) is 0 Å². The average molecular weight is 138 g/mol. The maximum absolute atomic E-state index is 8.84. The number of hydrogen-bond acceptors (Lipinski definition) is 1. The minimum atomic E-state index is 0.190. The lowest BCUT2D eigenvalue weighted by Crippen LogP contribution is -2.02. The van der Waals surface area contributed by atoms with Gasteiger partial charge in [-0.15, -0.1) is 0 Å². The average Bonchev–Trinajstić information content (AvgIpc) is 1.88. The highest BCUT2D eigenvalue weighted by Gasteiger charge is 2.07. The second-order valence-corrected chi connectivity index (χ2v) is 2.95. The monoisotopic (exact) mass is 138 g/mol. The number of rotatable bonds is 1. The third-order valence-electron chi connectivity index (χ3n) is 1.95. The molecule has 1 heteroatoms. The van der Waals surface area contributed by atoms with Gasteiger partial charge in [0.2, 0.25) is 0 Å². The fourth-order valence-electron chi connectivity index (χ4n) is 1.28. The SMILES string of the molecule is CC1=CC(C)CC=C1CO. The first-order valence-corrected chi connectivity index (χ1v) is 3.72.